The molecule has 3 rings (SSSR count). The zero-order valence-corrected chi connectivity index (χ0v) is 16.4. The summed E-state index contributed by atoms with van der Waals surface area (Å²) in [5.41, 5.74) is 2.81. The zero-order valence-electron chi connectivity index (χ0n) is 15.6. The number of pyridine rings is 1. The molecule has 5 nitrogen and oxygen atoms in total. The maximum absolute atomic E-state index is 12.0. The molecule has 1 fully saturated rings. The predicted molar refractivity (Wildman–Crippen MR) is 106 cm³/mol. The van der Waals surface area contributed by atoms with Crippen molar-refractivity contribution >= 4 is 26.4 Å². The van der Waals surface area contributed by atoms with E-state index in [0.29, 0.717) is 19.8 Å². The number of benzene rings is 1. The molecule has 0 amide bonds. The summed E-state index contributed by atoms with van der Waals surface area (Å²) in [6.07, 6.45) is 4.82. The van der Waals surface area contributed by atoms with Crippen molar-refractivity contribution in [2.45, 2.75) is 32.6 Å². The van der Waals surface area contributed by atoms with E-state index >= 15 is 0 Å². The Bertz CT molecular complexity index is 858. The van der Waals surface area contributed by atoms with Crippen LogP contribution in [0, 0.1) is 5.41 Å². The molecule has 1 aromatic heterocycles. The number of nitrogens with zero attached hydrogens (tertiary/aromatic N) is 1. The van der Waals surface area contributed by atoms with Crippen LogP contribution in [0.3, 0.4) is 0 Å². The van der Waals surface area contributed by atoms with Crippen molar-refractivity contribution in [2.75, 3.05) is 37.1 Å². The van der Waals surface area contributed by atoms with Crippen molar-refractivity contribution in [1.82, 2.24) is 4.98 Å². The highest BCUT2D eigenvalue weighted by Gasteiger charge is 2.36. The quantitative estimate of drug-likeness (QED) is 0.802. The third-order valence-electron chi connectivity index (χ3n) is 5.05. The van der Waals surface area contributed by atoms with E-state index in [4.69, 9.17) is 9.72 Å². The van der Waals surface area contributed by atoms with Gasteiger partial charge in [-0.15, -0.1) is 0 Å². The topological polar surface area (TPSA) is 68.3 Å². The molecule has 0 aliphatic carbocycles. The first-order chi connectivity index (χ1) is 12.4. The molecule has 1 saturated heterocycles. The first-order valence-corrected chi connectivity index (χ1v) is 11.3. The molecule has 2 heterocycles. The van der Waals surface area contributed by atoms with E-state index in [-0.39, 0.29) is 11.2 Å². The summed E-state index contributed by atoms with van der Waals surface area (Å²) in [4.78, 5) is 4.74. The number of para-hydroxylation sites is 1. The van der Waals surface area contributed by atoms with Crippen LogP contribution < -0.4 is 5.32 Å². The van der Waals surface area contributed by atoms with Gasteiger partial charge in [0.15, 0.2) is 0 Å². The van der Waals surface area contributed by atoms with Crippen LogP contribution in [-0.2, 0) is 21.0 Å². The Morgan fingerprint density at radius 1 is 1.23 bits per heavy atom. The minimum Gasteiger partial charge on any atom is -0.384 e. The molecule has 1 aromatic carbocycles. The van der Waals surface area contributed by atoms with Gasteiger partial charge in [0.05, 0.1) is 11.3 Å². The highest BCUT2D eigenvalue weighted by Crippen LogP contribution is 2.33. The first kappa shape index (κ1) is 19.1. The average molecular weight is 377 g/mol. The van der Waals surface area contributed by atoms with Crippen molar-refractivity contribution in [2.24, 2.45) is 5.41 Å². The van der Waals surface area contributed by atoms with Gasteiger partial charge in [0.25, 0.3) is 0 Å². The van der Waals surface area contributed by atoms with E-state index in [0.717, 1.165) is 48.0 Å². The van der Waals surface area contributed by atoms with Gasteiger partial charge in [0.1, 0.15) is 9.84 Å². The minimum absolute atomic E-state index is 0.196. The van der Waals surface area contributed by atoms with Crippen LogP contribution in [0.5, 0.6) is 0 Å². The average Bonchev–Trinajstić information content (AvgIpc) is 2.59. The van der Waals surface area contributed by atoms with Gasteiger partial charge in [-0.3, -0.25) is 4.98 Å². The smallest absolute Gasteiger partial charge is 0.148 e. The van der Waals surface area contributed by atoms with E-state index in [1.807, 2.05) is 18.2 Å². The molecule has 0 spiro atoms. The van der Waals surface area contributed by atoms with Crippen molar-refractivity contribution in [3.63, 3.8) is 0 Å². The van der Waals surface area contributed by atoms with E-state index in [9.17, 15) is 8.42 Å². The Hall–Kier alpha value is -1.66. The monoisotopic (exact) mass is 376 g/mol. The van der Waals surface area contributed by atoms with Crippen LogP contribution in [-0.4, -0.2) is 45.2 Å². The van der Waals surface area contributed by atoms with Crippen LogP contribution in [0.4, 0.5) is 5.69 Å². The fraction of sp³-hybridized carbons (Fsp3) is 0.550. The predicted octanol–water partition coefficient (Wildman–Crippen LogP) is 3.44. The van der Waals surface area contributed by atoms with Crippen LogP contribution in [0.2, 0.25) is 0 Å². The molecule has 0 saturated carbocycles. The lowest BCUT2D eigenvalue weighted by Gasteiger charge is -2.37. The highest BCUT2D eigenvalue weighted by atomic mass is 32.2. The Morgan fingerprint density at radius 2 is 1.96 bits per heavy atom. The SMILES string of the molecule is CCCc1cc(NCC2(CS(C)(=O)=O)CCOCC2)c2ccccc2n1. The summed E-state index contributed by atoms with van der Waals surface area (Å²) in [6, 6.07) is 10.2. The van der Waals surface area contributed by atoms with E-state index in [2.05, 4.69) is 24.4 Å². The molecular weight excluding hydrogens is 348 g/mol. The molecule has 1 N–H and O–H groups in total. The first-order valence-electron chi connectivity index (χ1n) is 9.29. The summed E-state index contributed by atoms with van der Waals surface area (Å²) < 4.78 is 29.5. The molecule has 2 aromatic rings. The zero-order chi connectivity index (χ0) is 18.6. The molecule has 26 heavy (non-hydrogen) atoms. The summed E-state index contributed by atoms with van der Waals surface area (Å²) in [5, 5.41) is 4.64. The summed E-state index contributed by atoms with van der Waals surface area (Å²) in [7, 11) is -3.05. The molecule has 142 valence electrons. The number of nitrogens with one attached hydrogen (secondary N) is 1. The van der Waals surface area contributed by atoms with Gasteiger partial charge in [-0.1, -0.05) is 31.5 Å². The van der Waals surface area contributed by atoms with Gasteiger partial charge < -0.3 is 10.1 Å². The van der Waals surface area contributed by atoms with Crippen LogP contribution in [0.15, 0.2) is 30.3 Å². The van der Waals surface area contributed by atoms with Crippen molar-refractivity contribution < 1.29 is 13.2 Å². The number of hydrogen-bond acceptors (Lipinski definition) is 5. The molecular formula is C20H28N2O3S. The second-order valence-electron chi connectivity index (χ2n) is 7.46. The Labute approximate surface area is 156 Å². The normalized spacial score (nSPS) is 17.3. The van der Waals surface area contributed by atoms with Crippen LogP contribution >= 0.6 is 0 Å². The third-order valence-corrected chi connectivity index (χ3v) is 6.19. The lowest BCUT2D eigenvalue weighted by molar-refractivity contribution is 0.0315. The standard InChI is InChI=1S/C20H28N2O3S/c1-3-6-16-13-19(17-7-4-5-8-18(17)22-16)21-14-20(15-26(2,23)24)9-11-25-12-10-20/h4-5,7-8,13H,3,6,9-12,14-15H2,1-2H3,(H,21,22). The van der Waals surface area contributed by atoms with Gasteiger partial charge in [-0.25, -0.2) is 8.42 Å². The van der Waals surface area contributed by atoms with Crippen molar-refractivity contribution in [1.29, 1.82) is 0 Å². The molecule has 0 radical (unpaired) electrons. The van der Waals surface area contributed by atoms with Gasteiger partial charge in [0, 0.05) is 48.2 Å². The van der Waals surface area contributed by atoms with Crippen LogP contribution in [0.1, 0.15) is 31.9 Å². The Kier molecular flexibility index (Phi) is 5.82. The summed E-state index contributed by atoms with van der Waals surface area (Å²) in [5.74, 6) is 0.196. The number of ether oxygens (including phenoxy) is 1. The van der Waals surface area contributed by atoms with Crippen molar-refractivity contribution in [3.05, 3.63) is 36.0 Å². The lowest BCUT2D eigenvalue weighted by Crippen LogP contribution is -2.41. The molecule has 0 unspecified atom stereocenters. The molecule has 0 atom stereocenters. The number of anilines is 1. The van der Waals surface area contributed by atoms with Crippen LogP contribution in [0.25, 0.3) is 10.9 Å². The maximum Gasteiger partial charge on any atom is 0.148 e. The Balaban J connectivity index is 1.89. The maximum atomic E-state index is 12.0. The number of fused-ring (bicyclic) bond motifs is 1. The summed E-state index contributed by atoms with van der Waals surface area (Å²) >= 11 is 0. The van der Waals surface area contributed by atoms with Gasteiger partial charge in [0.2, 0.25) is 0 Å². The van der Waals surface area contributed by atoms with Gasteiger partial charge >= 0.3 is 0 Å². The van der Waals surface area contributed by atoms with Gasteiger partial charge in [-0.05, 0) is 31.4 Å². The van der Waals surface area contributed by atoms with E-state index in [1.54, 1.807) is 0 Å². The largest absolute Gasteiger partial charge is 0.384 e. The highest BCUT2D eigenvalue weighted by molar-refractivity contribution is 7.90. The number of rotatable bonds is 7. The fourth-order valence-electron chi connectivity index (χ4n) is 3.78. The summed E-state index contributed by atoms with van der Waals surface area (Å²) in [6.45, 7) is 4.01. The number of hydrogen-bond donors (Lipinski definition) is 1. The number of aromatic nitrogens is 1. The third kappa shape index (κ3) is 4.74. The van der Waals surface area contributed by atoms with E-state index < -0.39 is 9.84 Å². The second-order valence-corrected chi connectivity index (χ2v) is 9.60. The molecule has 1 aliphatic heterocycles. The molecule has 0 bridgehead atoms. The lowest BCUT2D eigenvalue weighted by atomic mass is 9.82. The minimum atomic E-state index is -3.05. The Morgan fingerprint density at radius 3 is 2.65 bits per heavy atom. The molecule has 6 heteroatoms. The molecule has 1 aliphatic rings. The number of aryl methyl sites for hydroxylation is 1. The fourth-order valence-corrected chi connectivity index (χ4v) is 5.28. The van der Waals surface area contributed by atoms with E-state index in [1.165, 1.54) is 6.26 Å². The van der Waals surface area contributed by atoms with Crippen molar-refractivity contribution in [3.8, 4) is 0 Å². The van der Waals surface area contributed by atoms with Gasteiger partial charge in [-0.2, -0.15) is 0 Å². The number of sulfone groups is 1. The second kappa shape index (κ2) is 7.92.